The van der Waals surface area contributed by atoms with Gasteiger partial charge in [0.1, 0.15) is 5.69 Å². The van der Waals surface area contributed by atoms with Crippen LogP contribution in [0.1, 0.15) is 44.1 Å². The van der Waals surface area contributed by atoms with Gasteiger partial charge in [-0.1, -0.05) is 6.92 Å². The molecule has 0 bridgehead atoms. The van der Waals surface area contributed by atoms with Crippen LogP contribution in [0.3, 0.4) is 0 Å². The molecule has 18 heavy (non-hydrogen) atoms. The molecule has 0 saturated carbocycles. The molecule has 2 rings (SSSR count). The van der Waals surface area contributed by atoms with Crippen molar-refractivity contribution in [2.45, 2.75) is 46.2 Å². The Bertz CT molecular complexity index is 440. The summed E-state index contributed by atoms with van der Waals surface area (Å²) in [4.78, 5) is 14.5. The lowest BCUT2D eigenvalue weighted by atomic mass is 9.95. The molecular formula is C13H22N4O. The molecule has 2 heterocycles. The lowest BCUT2D eigenvalue weighted by Gasteiger charge is -2.36. The van der Waals surface area contributed by atoms with Gasteiger partial charge in [-0.3, -0.25) is 9.48 Å². The first-order valence-electron chi connectivity index (χ1n) is 6.66. The van der Waals surface area contributed by atoms with E-state index in [-0.39, 0.29) is 11.9 Å². The number of aromatic nitrogens is 2. The van der Waals surface area contributed by atoms with Gasteiger partial charge in [0.05, 0.1) is 11.9 Å². The van der Waals surface area contributed by atoms with Crippen LogP contribution in [0.15, 0.2) is 6.20 Å². The van der Waals surface area contributed by atoms with Crippen LogP contribution in [-0.4, -0.2) is 33.2 Å². The topological polar surface area (TPSA) is 64.2 Å². The highest BCUT2D eigenvalue weighted by atomic mass is 16.2. The molecule has 5 heteroatoms. The number of nitrogens with zero attached hydrogens (tertiary/aromatic N) is 3. The molecule has 0 aromatic carbocycles. The van der Waals surface area contributed by atoms with E-state index in [0.717, 1.165) is 13.0 Å². The fourth-order valence-electron chi connectivity index (χ4n) is 2.58. The number of rotatable bonds is 2. The highest BCUT2D eigenvalue weighted by molar-refractivity contribution is 5.97. The highest BCUT2D eigenvalue weighted by Crippen LogP contribution is 2.24. The second-order valence-electron chi connectivity index (χ2n) is 5.25. The summed E-state index contributed by atoms with van der Waals surface area (Å²) in [5.74, 6) is 0.579. The molecule has 1 fully saturated rings. The summed E-state index contributed by atoms with van der Waals surface area (Å²) in [6.45, 7) is 7.73. The quantitative estimate of drug-likeness (QED) is 0.869. The van der Waals surface area contributed by atoms with Gasteiger partial charge < -0.3 is 10.6 Å². The number of likely N-dealkylation sites (tertiary alicyclic amines) is 1. The van der Waals surface area contributed by atoms with E-state index in [0.29, 0.717) is 23.8 Å². The number of hydrogen-bond acceptors (Lipinski definition) is 3. The lowest BCUT2D eigenvalue weighted by Crippen LogP contribution is -2.45. The SMILES string of the molecule is CCn1ncc(N)c1C(=O)N1CC(C)CCC1C. The summed E-state index contributed by atoms with van der Waals surface area (Å²) >= 11 is 0. The summed E-state index contributed by atoms with van der Waals surface area (Å²) in [5.41, 5.74) is 6.89. The minimum atomic E-state index is 0.0194. The van der Waals surface area contributed by atoms with Gasteiger partial charge >= 0.3 is 0 Å². The molecular weight excluding hydrogens is 228 g/mol. The van der Waals surface area contributed by atoms with E-state index in [1.807, 2.05) is 11.8 Å². The van der Waals surface area contributed by atoms with E-state index in [9.17, 15) is 4.79 Å². The van der Waals surface area contributed by atoms with Gasteiger partial charge in [0, 0.05) is 19.1 Å². The number of piperidine rings is 1. The highest BCUT2D eigenvalue weighted by Gasteiger charge is 2.30. The van der Waals surface area contributed by atoms with E-state index in [1.54, 1.807) is 10.9 Å². The first-order valence-corrected chi connectivity index (χ1v) is 6.66. The van der Waals surface area contributed by atoms with Gasteiger partial charge in [-0.15, -0.1) is 0 Å². The zero-order valence-electron chi connectivity index (χ0n) is 11.4. The number of carbonyl (C=O) groups excluding carboxylic acids is 1. The number of anilines is 1. The Morgan fingerprint density at radius 2 is 2.22 bits per heavy atom. The van der Waals surface area contributed by atoms with E-state index in [1.165, 1.54) is 6.42 Å². The van der Waals surface area contributed by atoms with Gasteiger partial charge in [0.15, 0.2) is 0 Å². The third-order valence-electron chi connectivity index (χ3n) is 3.75. The first-order chi connectivity index (χ1) is 8.54. The molecule has 1 aromatic rings. The molecule has 2 N–H and O–H groups in total. The summed E-state index contributed by atoms with van der Waals surface area (Å²) in [5, 5.41) is 4.14. The largest absolute Gasteiger partial charge is 0.396 e. The van der Waals surface area contributed by atoms with Crippen LogP contribution in [0, 0.1) is 5.92 Å². The molecule has 5 nitrogen and oxygen atoms in total. The number of carbonyl (C=O) groups is 1. The van der Waals surface area contributed by atoms with Gasteiger partial charge in [-0.2, -0.15) is 5.10 Å². The van der Waals surface area contributed by atoms with E-state index >= 15 is 0 Å². The number of nitrogens with two attached hydrogens (primary N) is 1. The van der Waals surface area contributed by atoms with Gasteiger partial charge in [0.25, 0.3) is 5.91 Å². The average molecular weight is 250 g/mol. The van der Waals surface area contributed by atoms with Crippen molar-refractivity contribution in [3.63, 3.8) is 0 Å². The third-order valence-corrected chi connectivity index (χ3v) is 3.75. The predicted molar refractivity (Wildman–Crippen MR) is 71.2 cm³/mol. The second-order valence-corrected chi connectivity index (χ2v) is 5.25. The number of amides is 1. The van der Waals surface area contributed by atoms with E-state index < -0.39 is 0 Å². The van der Waals surface area contributed by atoms with Crippen LogP contribution in [0.5, 0.6) is 0 Å². The maximum Gasteiger partial charge on any atom is 0.274 e. The van der Waals surface area contributed by atoms with Gasteiger partial charge in [-0.25, -0.2) is 0 Å². The maximum absolute atomic E-state index is 12.6. The van der Waals surface area contributed by atoms with Crippen molar-refractivity contribution in [2.75, 3.05) is 12.3 Å². The van der Waals surface area contributed by atoms with Crippen LogP contribution in [0.25, 0.3) is 0 Å². The molecule has 2 unspecified atom stereocenters. The van der Waals surface area contributed by atoms with E-state index in [4.69, 9.17) is 5.73 Å². The normalized spacial score (nSPS) is 24.3. The lowest BCUT2D eigenvalue weighted by molar-refractivity contribution is 0.0562. The number of hydrogen-bond donors (Lipinski definition) is 1. The van der Waals surface area contributed by atoms with Crippen LogP contribution < -0.4 is 5.73 Å². The molecule has 1 aromatic heterocycles. The summed E-state index contributed by atoms with van der Waals surface area (Å²) < 4.78 is 1.68. The maximum atomic E-state index is 12.6. The zero-order valence-corrected chi connectivity index (χ0v) is 11.4. The van der Waals surface area contributed by atoms with Gasteiger partial charge in [0.2, 0.25) is 0 Å². The minimum Gasteiger partial charge on any atom is -0.396 e. The standard InChI is InChI=1S/C13H22N4O/c1-4-17-12(11(14)7-15-17)13(18)16-8-9(2)5-6-10(16)3/h7,9-10H,4-6,8,14H2,1-3H3. The molecule has 1 aliphatic heterocycles. The van der Waals surface area contributed by atoms with Crippen LogP contribution in [-0.2, 0) is 6.54 Å². The summed E-state index contributed by atoms with van der Waals surface area (Å²) in [6, 6.07) is 0.285. The van der Waals surface area contributed by atoms with Gasteiger partial charge in [-0.05, 0) is 32.6 Å². The predicted octanol–water partition coefficient (Wildman–Crippen LogP) is 1.75. The Labute approximate surface area is 108 Å². The van der Waals surface area contributed by atoms with Crippen LogP contribution >= 0.6 is 0 Å². The first kappa shape index (κ1) is 12.9. The number of nitrogen functional groups attached to an aromatic ring is 1. The molecule has 0 radical (unpaired) electrons. The van der Waals surface area contributed by atoms with Crippen LogP contribution in [0.2, 0.25) is 0 Å². The molecule has 1 aliphatic rings. The average Bonchev–Trinajstić information content (AvgIpc) is 2.72. The van der Waals surface area contributed by atoms with Crippen molar-refractivity contribution in [1.29, 1.82) is 0 Å². The van der Waals surface area contributed by atoms with Crippen molar-refractivity contribution in [3.8, 4) is 0 Å². The Balaban J connectivity index is 2.27. The minimum absolute atomic E-state index is 0.0194. The van der Waals surface area contributed by atoms with Crippen molar-refractivity contribution >= 4 is 11.6 Å². The fraction of sp³-hybridized carbons (Fsp3) is 0.692. The summed E-state index contributed by atoms with van der Waals surface area (Å²) in [7, 11) is 0. The molecule has 2 atom stereocenters. The van der Waals surface area contributed by atoms with Crippen molar-refractivity contribution in [3.05, 3.63) is 11.9 Å². The Morgan fingerprint density at radius 3 is 2.89 bits per heavy atom. The molecule has 0 aliphatic carbocycles. The van der Waals surface area contributed by atoms with Crippen molar-refractivity contribution in [2.24, 2.45) is 5.92 Å². The summed E-state index contributed by atoms with van der Waals surface area (Å²) in [6.07, 6.45) is 3.81. The molecule has 0 spiro atoms. The Kier molecular flexibility index (Phi) is 3.59. The van der Waals surface area contributed by atoms with Crippen molar-refractivity contribution < 1.29 is 4.79 Å². The van der Waals surface area contributed by atoms with Crippen molar-refractivity contribution in [1.82, 2.24) is 14.7 Å². The van der Waals surface area contributed by atoms with Crippen LogP contribution in [0.4, 0.5) is 5.69 Å². The smallest absolute Gasteiger partial charge is 0.274 e. The second kappa shape index (κ2) is 5.00. The molecule has 1 amide bonds. The number of aryl methyl sites for hydroxylation is 1. The molecule has 1 saturated heterocycles. The Hall–Kier alpha value is -1.52. The Morgan fingerprint density at radius 1 is 1.50 bits per heavy atom. The fourth-order valence-corrected chi connectivity index (χ4v) is 2.58. The molecule has 100 valence electrons. The third kappa shape index (κ3) is 2.21. The monoisotopic (exact) mass is 250 g/mol. The zero-order chi connectivity index (χ0) is 13.3. The van der Waals surface area contributed by atoms with E-state index in [2.05, 4.69) is 18.9 Å².